The average molecular weight is 400 g/mol. The molecular formula is C22H27FN4O2. The first kappa shape index (κ1) is 20.8. The molecule has 2 N–H and O–H groups in total. The first-order valence-corrected chi connectivity index (χ1v) is 9.86. The minimum atomic E-state index is -0.426. The SMILES string of the molecule is CCN(CC)CCN(C=C1c2cc(F)ccc2N[14C]1=O)C(=O)c1c(C)c[nH]c1C. The Morgan fingerprint density at radius 2 is 1.93 bits per heavy atom. The lowest BCUT2D eigenvalue weighted by atomic mass is 10.1. The van der Waals surface area contributed by atoms with Gasteiger partial charge < -0.3 is 20.1 Å². The maximum Gasteiger partial charge on any atom is 0.259 e. The zero-order valence-corrected chi connectivity index (χ0v) is 17.3. The number of benzene rings is 1. The van der Waals surface area contributed by atoms with Crippen LogP contribution in [0.4, 0.5) is 10.1 Å². The number of aromatic nitrogens is 1. The van der Waals surface area contributed by atoms with Gasteiger partial charge in [-0.25, -0.2) is 4.39 Å². The summed E-state index contributed by atoms with van der Waals surface area (Å²) in [5.74, 6) is -0.947. The summed E-state index contributed by atoms with van der Waals surface area (Å²) >= 11 is 0. The maximum absolute atomic E-state index is 13.8. The molecule has 0 bridgehead atoms. The molecule has 2 aromatic rings. The van der Waals surface area contributed by atoms with Gasteiger partial charge in [-0.1, -0.05) is 13.8 Å². The van der Waals surface area contributed by atoms with Gasteiger partial charge in [-0.15, -0.1) is 0 Å². The fraction of sp³-hybridized carbons (Fsp3) is 0.364. The lowest BCUT2D eigenvalue weighted by Gasteiger charge is -2.24. The summed E-state index contributed by atoms with van der Waals surface area (Å²) < 4.78 is 13.8. The lowest BCUT2D eigenvalue weighted by Crippen LogP contribution is -2.36. The Balaban J connectivity index is 1.99. The molecule has 6 nitrogen and oxygen atoms in total. The highest BCUT2D eigenvalue weighted by atomic mass is 19.1. The Kier molecular flexibility index (Phi) is 6.17. The fourth-order valence-electron chi connectivity index (χ4n) is 3.59. The molecule has 1 aliphatic heterocycles. The van der Waals surface area contributed by atoms with Crippen LogP contribution >= 0.6 is 0 Å². The van der Waals surface area contributed by atoms with Crippen molar-refractivity contribution in [2.45, 2.75) is 27.7 Å². The quantitative estimate of drug-likeness (QED) is 0.699. The number of amides is 2. The van der Waals surface area contributed by atoms with Gasteiger partial charge >= 0.3 is 0 Å². The molecule has 154 valence electrons. The van der Waals surface area contributed by atoms with Crippen LogP contribution in [0.25, 0.3) is 5.57 Å². The molecule has 1 aromatic heterocycles. The van der Waals surface area contributed by atoms with Crippen molar-refractivity contribution in [2.75, 3.05) is 31.5 Å². The number of likely N-dealkylation sites (N-methyl/N-ethyl adjacent to an activating group) is 1. The number of carbonyl (C=O) groups is 2. The van der Waals surface area contributed by atoms with Gasteiger partial charge in [0.15, 0.2) is 0 Å². The van der Waals surface area contributed by atoms with Gasteiger partial charge in [0.1, 0.15) is 5.82 Å². The highest BCUT2D eigenvalue weighted by molar-refractivity contribution is 6.31. The van der Waals surface area contributed by atoms with Crippen molar-refractivity contribution in [3.8, 4) is 0 Å². The van der Waals surface area contributed by atoms with Crippen molar-refractivity contribution >= 4 is 23.1 Å². The van der Waals surface area contributed by atoms with E-state index in [0.29, 0.717) is 35.5 Å². The molecule has 0 fully saturated rings. The molecule has 0 saturated carbocycles. The van der Waals surface area contributed by atoms with Crippen molar-refractivity contribution in [1.82, 2.24) is 14.8 Å². The zero-order valence-electron chi connectivity index (χ0n) is 17.3. The topological polar surface area (TPSA) is 68.4 Å². The van der Waals surface area contributed by atoms with E-state index in [2.05, 4.69) is 29.0 Å². The summed E-state index contributed by atoms with van der Waals surface area (Å²) in [4.78, 5) is 32.7. The minimum absolute atomic E-state index is 0.182. The molecule has 0 spiro atoms. The van der Waals surface area contributed by atoms with Crippen LogP contribution in [0.3, 0.4) is 0 Å². The number of aromatic amines is 1. The van der Waals surface area contributed by atoms with E-state index in [0.717, 1.165) is 24.3 Å². The highest BCUT2D eigenvalue weighted by Crippen LogP contribution is 2.32. The maximum atomic E-state index is 13.8. The molecule has 2 amide bonds. The van der Waals surface area contributed by atoms with E-state index in [1.807, 2.05) is 13.8 Å². The predicted octanol–water partition coefficient (Wildman–Crippen LogP) is 3.55. The molecule has 0 atom stereocenters. The fourth-order valence-corrected chi connectivity index (χ4v) is 3.59. The second kappa shape index (κ2) is 8.61. The van der Waals surface area contributed by atoms with Gasteiger partial charge in [-0.3, -0.25) is 9.59 Å². The number of anilines is 1. The molecule has 1 aromatic carbocycles. The largest absolute Gasteiger partial charge is 0.364 e. The lowest BCUT2D eigenvalue weighted by molar-refractivity contribution is -0.110. The number of hydrogen-bond acceptors (Lipinski definition) is 3. The third-order valence-electron chi connectivity index (χ3n) is 5.35. The molecule has 0 unspecified atom stereocenters. The number of halogens is 1. The third-order valence-corrected chi connectivity index (χ3v) is 5.35. The molecule has 0 aliphatic carbocycles. The van der Waals surface area contributed by atoms with E-state index in [1.54, 1.807) is 17.3 Å². The van der Waals surface area contributed by atoms with Crippen molar-refractivity contribution in [3.63, 3.8) is 0 Å². The van der Waals surface area contributed by atoms with Gasteiger partial charge in [-0.2, -0.15) is 0 Å². The average Bonchev–Trinajstić information content (AvgIpc) is 3.19. The number of nitrogens with zero attached hydrogens (tertiary/aromatic N) is 2. The summed E-state index contributed by atoms with van der Waals surface area (Å²) in [5, 5.41) is 2.74. The number of hydrogen-bond donors (Lipinski definition) is 2. The van der Waals surface area contributed by atoms with Gasteiger partial charge in [0.25, 0.3) is 11.8 Å². The number of aryl methyl sites for hydroxylation is 2. The van der Waals surface area contributed by atoms with E-state index >= 15 is 0 Å². The first-order chi connectivity index (χ1) is 13.8. The zero-order chi connectivity index (χ0) is 21.1. The molecular weight excluding hydrogens is 373 g/mol. The number of fused-ring (bicyclic) bond motifs is 1. The number of carbonyl (C=O) groups excluding carboxylic acids is 2. The monoisotopic (exact) mass is 400 g/mol. The van der Waals surface area contributed by atoms with Gasteiger partial charge in [0, 0.05) is 42.4 Å². The standard InChI is InChI=1S/C22H27FN4O2/c1-5-26(6-2)9-10-27(22(29)20-14(3)12-24-15(20)4)13-18-17-11-16(23)7-8-19(17)25-21(18)28/h7-8,11-13,24H,5-6,9-10H2,1-4H3,(H,25,28)/i21+2. The molecule has 3 rings (SSSR count). The number of nitrogens with one attached hydrogen (secondary N) is 2. The van der Waals surface area contributed by atoms with Crippen LogP contribution in [0.15, 0.2) is 30.6 Å². The Hall–Kier alpha value is -2.93. The van der Waals surface area contributed by atoms with Crippen molar-refractivity contribution in [3.05, 3.63) is 58.8 Å². The van der Waals surface area contributed by atoms with Crippen molar-refractivity contribution in [1.29, 1.82) is 0 Å². The van der Waals surface area contributed by atoms with Crippen LogP contribution in [0.5, 0.6) is 0 Å². The smallest absolute Gasteiger partial charge is 0.259 e. The Labute approximate surface area is 170 Å². The van der Waals surface area contributed by atoms with Crippen molar-refractivity contribution in [2.24, 2.45) is 0 Å². The molecule has 0 saturated heterocycles. The highest BCUT2D eigenvalue weighted by Gasteiger charge is 2.28. The molecule has 0 radical (unpaired) electrons. The predicted molar refractivity (Wildman–Crippen MR) is 112 cm³/mol. The minimum Gasteiger partial charge on any atom is -0.364 e. The summed E-state index contributed by atoms with van der Waals surface area (Å²) in [7, 11) is 0. The first-order valence-electron chi connectivity index (χ1n) is 9.86. The van der Waals surface area contributed by atoms with Crippen LogP contribution in [0.1, 0.15) is 41.0 Å². The van der Waals surface area contributed by atoms with E-state index in [1.165, 1.54) is 18.2 Å². The Bertz CT molecular complexity index is 940. The van der Waals surface area contributed by atoms with Crippen molar-refractivity contribution < 1.29 is 14.0 Å². The summed E-state index contributed by atoms with van der Waals surface area (Å²) in [6, 6.07) is 4.16. The summed E-state index contributed by atoms with van der Waals surface area (Å²) in [6.07, 6.45) is 3.35. The second-order valence-corrected chi connectivity index (χ2v) is 7.18. The van der Waals surface area contributed by atoms with Crippen LogP contribution in [0, 0.1) is 19.7 Å². The van der Waals surface area contributed by atoms with E-state index in [4.69, 9.17) is 0 Å². The van der Waals surface area contributed by atoms with Crippen LogP contribution in [-0.4, -0.2) is 52.8 Å². The molecule has 2 heterocycles. The summed E-state index contributed by atoms with van der Waals surface area (Å²) in [5.41, 5.74) is 3.53. The van der Waals surface area contributed by atoms with E-state index < -0.39 is 5.82 Å². The van der Waals surface area contributed by atoms with Gasteiger partial charge in [-0.05, 0) is 50.7 Å². The summed E-state index contributed by atoms with van der Waals surface area (Å²) in [6.45, 7) is 10.7. The normalized spacial score (nSPS) is 14.4. The molecule has 1 aliphatic rings. The number of H-pyrrole nitrogens is 1. The molecule has 29 heavy (non-hydrogen) atoms. The van der Waals surface area contributed by atoms with Crippen LogP contribution in [0.2, 0.25) is 0 Å². The van der Waals surface area contributed by atoms with E-state index in [9.17, 15) is 14.0 Å². The third kappa shape index (κ3) is 4.24. The van der Waals surface area contributed by atoms with Gasteiger partial charge in [0.2, 0.25) is 0 Å². The number of rotatable bonds is 7. The molecule has 7 heteroatoms. The van der Waals surface area contributed by atoms with Crippen LogP contribution < -0.4 is 5.32 Å². The Morgan fingerprint density at radius 1 is 1.21 bits per heavy atom. The van der Waals surface area contributed by atoms with Gasteiger partial charge in [0.05, 0.1) is 11.1 Å². The van der Waals surface area contributed by atoms with Crippen LogP contribution in [-0.2, 0) is 4.79 Å². The van der Waals surface area contributed by atoms with E-state index in [-0.39, 0.29) is 11.8 Å². The Morgan fingerprint density at radius 3 is 2.55 bits per heavy atom. The second-order valence-electron chi connectivity index (χ2n) is 7.18.